The summed E-state index contributed by atoms with van der Waals surface area (Å²) in [5, 5.41) is 13.4. The summed E-state index contributed by atoms with van der Waals surface area (Å²) in [5.41, 5.74) is 1.77. The van der Waals surface area contributed by atoms with Gasteiger partial charge < -0.3 is 14.7 Å². The van der Waals surface area contributed by atoms with Crippen LogP contribution in [-0.2, 0) is 16.1 Å². The Morgan fingerprint density at radius 1 is 0.769 bits per heavy atom. The molecule has 1 aliphatic rings. The van der Waals surface area contributed by atoms with E-state index in [2.05, 4.69) is 4.98 Å². The van der Waals surface area contributed by atoms with E-state index in [0.29, 0.717) is 28.3 Å². The topological polar surface area (TPSA) is 79.7 Å². The summed E-state index contributed by atoms with van der Waals surface area (Å²) in [6.07, 6.45) is 1.64. The van der Waals surface area contributed by atoms with E-state index in [1.54, 1.807) is 30.5 Å². The summed E-state index contributed by atoms with van der Waals surface area (Å²) in [6, 6.07) is 34.4. The van der Waals surface area contributed by atoms with Crippen molar-refractivity contribution in [2.45, 2.75) is 12.6 Å². The number of hydrogen-bond donors (Lipinski definition) is 1. The van der Waals surface area contributed by atoms with Gasteiger partial charge in [0.25, 0.3) is 11.7 Å². The predicted molar refractivity (Wildman–Crippen MR) is 149 cm³/mol. The Labute approximate surface area is 225 Å². The highest BCUT2D eigenvalue weighted by atomic mass is 16.5. The van der Waals surface area contributed by atoms with E-state index in [-0.39, 0.29) is 17.9 Å². The highest BCUT2D eigenvalue weighted by Crippen LogP contribution is 2.41. The number of pyridine rings is 1. The summed E-state index contributed by atoms with van der Waals surface area (Å²) in [5.74, 6) is -0.443. The molecule has 0 aliphatic carbocycles. The SMILES string of the molecule is O=C1C(=O)N(Cc2ccccn2)C(c2cccc(Oc3ccccc3)c2)/C1=C(/O)c1ccc2ccccc2c1. The fraction of sp³-hybridized carbons (Fsp3) is 0.0606. The zero-order chi connectivity index (χ0) is 26.8. The molecule has 39 heavy (non-hydrogen) atoms. The van der Waals surface area contributed by atoms with Crippen LogP contribution in [0.5, 0.6) is 11.5 Å². The zero-order valence-electron chi connectivity index (χ0n) is 20.9. The van der Waals surface area contributed by atoms with Crippen molar-refractivity contribution in [3.63, 3.8) is 0 Å². The van der Waals surface area contributed by atoms with Gasteiger partial charge in [0.1, 0.15) is 17.3 Å². The minimum absolute atomic E-state index is 0.0306. The van der Waals surface area contributed by atoms with Gasteiger partial charge in [0.05, 0.1) is 23.9 Å². The monoisotopic (exact) mass is 512 g/mol. The molecule has 190 valence electrons. The number of aliphatic hydroxyl groups is 1. The lowest BCUT2D eigenvalue weighted by atomic mass is 9.94. The van der Waals surface area contributed by atoms with Gasteiger partial charge >= 0.3 is 0 Å². The lowest BCUT2D eigenvalue weighted by Gasteiger charge is -2.25. The Kier molecular flexibility index (Phi) is 6.35. The minimum Gasteiger partial charge on any atom is -0.507 e. The molecule has 0 bridgehead atoms. The first-order chi connectivity index (χ1) is 19.1. The van der Waals surface area contributed by atoms with Gasteiger partial charge in [0.2, 0.25) is 0 Å². The molecule has 0 saturated carbocycles. The van der Waals surface area contributed by atoms with Gasteiger partial charge in [-0.3, -0.25) is 14.6 Å². The zero-order valence-corrected chi connectivity index (χ0v) is 20.9. The van der Waals surface area contributed by atoms with Crippen LogP contribution < -0.4 is 4.74 Å². The third kappa shape index (κ3) is 4.76. The number of aromatic nitrogens is 1. The molecule has 4 aromatic carbocycles. The summed E-state index contributed by atoms with van der Waals surface area (Å²) < 4.78 is 6.04. The summed E-state index contributed by atoms with van der Waals surface area (Å²) in [4.78, 5) is 32.7. The van der Waals surface area contributed by atoms with E-state index in [1.807, 2.05) is 91.0 Å². The van der Waals surface area contributed by atoms with Gasteiger partial charge in [-0.2, -0.15) is 0 Å². The van der Waals surface area contributed by atoms with Crippen LogP contribution in [-0.4, -0.2) is 26.7 Å². The number of amides is 1. The molecule has 1 saturated heterocycles. The summed E-state index contributed by atoms with van der Waals surface area (Å²) in [6.45, 7) is 0.106. The average Bonchev–Trinajstić information content (AvgIpc) is 3.22. The number of aliphatic hydroxyl groups excluding tert-OH is 1. The Balaban J connectivity index is 1.47. The van der Waals surface area contributed by atoms with E-state index >= 15 is 0 Å². The lowest BCUT2D eigenvalue weighted by molar-refractivity contribution is -0.140. The number of ether oxygens (including phenoxy) is 1. The second-order valence-corrected chi connectivity index (χ2v) is 9.30. The molecule has 1 amide bonds. The Bertz CT molecular complexity index is 1710. The van der Waals surface area contributed by atoms with Gasteiger partial charge in [-0.1, -0.05) is 72.8 Å². The van der Waals surface area contributed by atoms with Gasteiger partial charge in [-0.25, -0.2) is 0 Å². The van der Waals surface area contributed by atoms with Crippen LogP contribution >= 0.6 is 0 Å². The molecular formula is C33H24N2O4. The van der Waals surface area contributed by atoms with E-state index in [9.17, 15) is 14.7 Å². The molecule has 1 aliphatic heterocycles. The van der Waals surface area contributed by atoms with E-state index in [4.69, 9.17) is 4.74 Å². The first kappa shape index (κ1) is 24.1. The molecule has 5 aromatic rings. The van der Waals surface area contributed by atoms with Crippen molar-refractivity contribution in [3.8, 4) is 11.5 Å². The Morgan fingerprint density at radius 3 is 2.31 bits per heavy atom. The number of hydrogen-bond acceptors (Lipinski definition) is 5. The molecule has 1 N–H and O–H groups in total. The molecule has 0 spiro atoms. The quantitative estimate of drug-likeness (QED) is 0.157. The highest BCUT2D eigenvalue weighted by molar-refractivity contribution is 6.46. The van der Waals surface area contributed by atoms with Crippen molar-refractivity contribution >= 4 is 28.2 Å². The van der Waals surface area contributed by atoms with Crippen molar-refractivity contribution in [3.05, 3.63) is 144 Å². The molecular weight excluding hydrogens is 488 g/mol. The van der Waals surface area contributed by atoms with E-state index < -0.39 is 17.7 Å². The number of para-hydroxylation sites is 1. The number of benzene rings is 4. The van der Waals surface area contributed by atoms with Crippen LogP contribution in [0.15, 0.2) is 127 Å². The third-order valence-electron chi connectivity index (χ3n) is 6.77. The predicted octanol–water partition coefficient (Wildman–Crippen LogP) is 6.65. The van der Waals surface area contributed by atoms with Gasteiger partial charge in [0.15, 0.2) is 0 Å². The average molecular weight is 513 g/mol. The van der Waals surface area contributed by atoms with Crippen molar-refractivity contribution < 1.29 is 19.4 Å². The van der Waals surface area contributed by atoms with Gasteiger partial charge in [-0.15, -0.1) is 0 Å². The number of carbonyl (C=O) groups is 2. The molecule has 0 radical (unpaired) electrons. The molecule has 2 heterocycles. The number of likely N-dealkylation sites (tertiary alicyclic amines) is 1. The summed E-state index contributed by atoms with van der Waals surface area (Å²) >= 11 is 0. The molecule has 1 fully saturated rings. The summed E-state index contributed by atoms with van der Waals surface area (Å²) in [7, 11) is 0. The maximum absolute atomic E-state index is 13.5. The van der Waals surface area contributed by atoms with Crippen LogP contribution in [0.4, 0.5) is 0 Å². The third-order valence-corrected chi connectivity index (χ3v) is 6.77. The highest BCUT2D eigenvalue weighted by Gasteiger charge is 2.46. The minimum atomic E-state index is -0.835. The first-order valence-corrected chi connectivity index (χ1v) is 12.6. The second-order valence-electron chi connectivity index (χ2n) is 9.30. The van der Waals surface area contributed by atoms with E-state index in [0.717, 1.165) is 10.8 Å². The van der Waals surface area contributed by atoms with Crippen LogP contribution in [0.1, 0.15) is 22.9 Å². The van der Waals surface area contributed by atoms with Crippen molar-refractivity contribution in [1.29, 1.82) is 0 Å². The number of ketones is 1. The Morgan fingerprint density at radius 2 is 1.51 bits per heavy atom. The van der Waals surface area contributed by atoms with E-state index in [1.165, 1.54) is 4.90 Å². The fourth-order valence-electron chi connectivity index (χ4n) is 4.92. The largest absolute Gasteiger partial charge is 0.507 e. The first-order valence-electron chi connectivity index (χ1n) is 12.6. The molecule has 6 heteroatoms. The fourth-order valence-corrected chi connectivity index (χ4v) is 4.92. The number of nitrogens with zero attached hydrogens (tertiary/aromatic N) is 2. The Hall–Kier alpha value is -5.23. The smallest absolute Gasteiger partial charge is 0.296 e. The van der Waals surface area contributed by atoms with Gasteiger partial charge in [-0.05, 0) is 58.8 Å². The maximum atomic E-state index is 13.5. The molecule has 1 aromatic heterocycles. The standard InChI is InChI=1S/C33H24N2O4/c36-31(25-17-16-22-9-4-5-10-23(22)19-25)29-30(35(33(38)32(29)37)21-26-12-6-7-18-34-26)24-11-8-15-28(20-24)39-27-13-2-1-3-14-27/h1-20,30,36H,21H2/b31-29-. The molecule has 6 nitrogen and oxygen atoms in total. The molecule has 1 unspecified atom stereocenters. The van der Waals surface area contributed by atoms with Crippen LogP contribution in [0.3, 0.4) is 0 Å². The number of fused-ring (bicyclic) bond motifs is 1. The lowest BCUT2D eigenvalue weighted by Crippen LogP contribution is -2.29. The molecule has 6 rings (SSSR count). The van der Waals surface area contributed by atoms with Crippen LogP contribution in [0.2, 0.25) is 0 Å². The van der Waals surface area contributed by atoms with Crippen molar-refractivity contribution in [2.75, 3.05) is 0 Å². The van der Waals surface area contributed by atoms with Crippen molar-refractivity contribution in [2.24, 2.45) is 0 Å². The van der Waals surface area contributed by atoms with Crippen molar-refractivity contribution in [1.82, 2.24) is 9.88 Å². The number of Topliss-reactive ketones (excluding diaryl/α,β-unsaturated/α-hetero) is 1. The maximum Gasteiger partial charge on any atom is 0.296 e. The normalized spacial score (nSPS) is 16.5. The second kappa shape index (κ2) is 10.3. The van der Waals surface area contributed by atoms with Crippen LogP contribution in [0.25, 0.3) is 16.5 Å². The molecule has 1 atom stereocenters. The van der Waals surface area contributed by atoms with Crippen LogP contribution in [0, 0.1) is 0 Å². The number of rotatable bonds is 6. The van der Waals surface area contributed by atoms with Gasteiger partial charge in [0, 0.05) is 11.8 Å². The number of carbonyl (C=O) groups excluding carboxylic acids is 2.